The van der Waals surface area contributed by atoms with Gasteiger partial charge in [0.05, 0.1) is 11.7 Å². The summed E-state index contributed by atoms with van der Waals surface area (Å²) in [5.74, 6) is 0.646. The van der Waals surface area contributed by atoms with Crippen LogP contribution in [0.5, 0.6) is 0 Å². The molecule has 1 aliphatic heterocycles. The molecule has 0 spiro atoms. The first-order chi connectivity index (χ1) is 14.6. The van der Waals surface area contributed by atoms with Crippen molar-refractivity contribution in [3.8, 4) is 0 Å². The lowest BCUT2D eigenvalue weighted by atomic mass is 10.1. The van der Waals surface area contributed by atoms with Crippen molar-refractivity contribution in [2.75, 3.05) is 22.5 Å². The Morgan fingerprint density at radius 3 is 2.57 bits per heavy atom. The van der Waals surface area contributed by atoms with Crippen molar-refractivity contribution in [1.29, 1.82) is 0 Å². The SMILES string of the molecule is C[C@@H](NC(=O)c1ccc(NC(=O)N2CCSc3ncccc32)cc1)c1ccccc1. The predicted molar refractivity (Wildman–Crippen MR) is 120 cm³/mol. The van der Waals surface area contributed by atoms with Crippen molar-refractivity contribution in [2.45, 2.75) is 18.0 Å². The van der Waals surface area contributed by atoms with Gasteiger partial charge in [-0.25, -0.2) is 9.78 Å². The fourth-order valence-corrected chi connectivity index (χ4v) is 4.19. The van der Waals surface area contributed by atoms with Crippen LogP contribution in [0, 0.1) is 0 Å². The summed E-state index contributed by atoms with van der Waals surface area (Å²) in [5.41, 5.74) is 3.04. The first kappa shape index (κ1) is 20.0. The van der Waals surface area contributed by atoms with Crippen LogP contribution < -0.4 is 15.5 Å². The Bertz CT molecular complexity index is 1040. The van der Waals surface area contributed by atoms with Crippen molar-refractivity contribution in [3.05, 3.63) is 84.1 Å². The maximum absolute atomic E-state index is 12.7. The maximum atomic E-state index is 12.7. The van der Waals surface area contributed by atoms with E-state index in [1.54, 1.807) is 47.1 Å². The molecule has 0 unspecified atom stereocenters. The molecule has 1 aromatic heterocycles. The number of nitrogens with one attached hydrogen (secondary N) is 2. The highest BCUT2D eigenvalue weighted by Crippen LogP contribution is 2.32. The number of anilines is 2. The number of carbonyl (C=O) groups is 2. The Morgan fingerprint density at radius 1 is 1.03 bits per heavy atom. The van der Waals surface area contributed by atoms with Gasteiger partial charge in [0, 0.05) is 29.7 Å². The van der Waals surface area contributed by atoms with Crippen molar-refractivity contribution >= 4 is 35.1 Å². The minimum absolute atomic E-state index is 0.0938. The number of rotatable bonds is 4. The first-order valence-corrected chi connectivity index (χ1v) is 10.7. The van der Waals surface area contributed by atoms with Crippen LogP contribution in [0.15, 0.2) is 78.0 Å². The summed E-state index contributed by atoms with van der Waals surface area (Å²) >= 11 is 1.65. The summed E-state index contributed by atoms with van der Waals surface area (Å²) < 4.78 is 0. The molecule has 2 aromatic carbocycles. The van der Waals surface area contributed by atoms with Gasteiger partial charge in [0.25, 0.3) is 5.91 Å². The van der Waals surface area contributed by atoms with E-state index in [2.05, 4.69) is 15.6 Å². The number of fused-ring (bicyclic) bond motifs is 1. The minimum atomic E-state index is -0.209. The van der Waals surface area contributed by atoms with Gasteiger partial charge in [-0.3, -0.25) is 9.69 Å². The van der Waals surface area contributed by atoms with Crippen LogP contribution in [0.1, 0.15) is 28.9 Å². The number of pyridine rings is 1. The fraction of sp³-hybridized carbons (Fsp3) is 0.174. The highest BCUT2D eigenvalue weighted by atomic mass is 32.2. The zero-order valence-electron chi connectivity index (χ0n) is 16.5. The highest BCUT2D eigenvalue weighted by Gasteiger charge is 2.23. The Morgan fingerprint density at radius 2 is 1.80 bits per heavy atom. The van der Waals surface area contributed by atoms with Gasteiger partial charge in [0.15, 0.2) is 0 Å². The number of urea groups is 1. The standard InChI is InChI=1S/C23H22N4O2S/c1-16(17-6-3-2-4-7-17)25-21(28)18-9-11-19(12-10-18)26-23(29)27-14-15-30-22-20(27)8-5-13-24-22/h2-13,16H,14-15H2,1H3,(H,25,28)(H,26,29)/t16-/m1/s1. The maximum Gasteiger partial charge on any atom is 0.326 e. The molecule has 2 heterocycles. The Labute approximate surface area is 179 Å². The van der Waals surface area contributed by atoms with Crippen molar-refractivity contribution in [2.24, 2.45) is 0 Å². The van der Waals surface area contributed by atoms with E-state index in [0.717, 1.165) is 22.0 Å². The van der Waals surface area contributed by atoms with Crippen LogP contribution in [-0.4, -0.2) is 29.2 Å². The molecule has 3 amide bonds. The second-order valence-electron chi connectivity index (χ2n) is 6.94. The topological polar surface area (TPSA) is 74.3 Å². The van der Waals surface area contributed by atoms with Crippen LogP contribution in [0.25, 0.3) is 0 Å². The van der Waals surface area contributed by atoms with E-state index in [9.17, 15) is 9.59 Å². The van der Waals surface area contributed by atoms with E-state index in [1.165, 1.54) is 0 Å². The number of amides is 3. The summed E-state index contributed by atoms with van der Waals surface area (Å²) in [5, 5.41) is 6.75. The second kappa shape index (κ2) is 9.00. The van der Waals surface area contributed by atoms with Gasteiger partial charge in [-0.2, -0.15) is 0 Å². The van der Waals surface area contributed by atoms with Gasteiger partial charge >= 0.3 is 6.03 Å². The van der Waals surface area contributed by atoms with Gasteiger partial charge in [-0.1, -0.05) is 30.3 Å². The molecule has 0 aliphatic carbocycles. The lowest BCUT2D eigenvalue weighted by molar-refractivity contribution is 0.0940. The monoisotopic (exact) mass is 418 g/mol. The van der Waals surface area contributed by atoms with Crippen LogP contribution in [0.3, 0.4) is 0 Å². The van der Waals surface area contributed by atoms with Crippen LogP contribution >= 0.6 is 11.8 Å². The van der Waals surface area contributed by atoms with E-state index >= 15 is 0 Å². The number of carbonyl (C=O) groups excluding carboxylic acids is 2. The number of nitrogens with zero attached hydrogens (tertiary/aromatic N) is 2. The van der Waals surface area contributed by atoms with Crippen molar-refractivity contribution < 1.29 is 9.59 Å². The molecule has 4 rings (SSSR count). The molecule has 0 fully saturated rings. The van der Waals surface area contributed by atoms with Gasteiger partial charge < -0.3 is 10.6 Å². The lowest BCUT2D eigenvalue weighted by Crippen LogP contribution is -2.38. The number of thioether (sulfide) groups is 1. The highest BCUT2D eigenvalue weighted by molar-refractivity contribution is 7.99. The van der Waals surface area contributed by atoms with E-state index in [4.69, 9.17) is 0 Å². The molecule has 7 heteroatoms. The smallest absolute Gasteiger partial charge is 0.326 e. The third kappa shape index (κ3) is 4.46. The average molecular weight is 419 g/mol. The van der Waals surface area contributed by atoms with Crippen molar-refractivity contribution in [3.63, 3.8) is 0 Å². The van der Waals surface area contributed by atoms with Gasteiger partial charge in [-0.15, -0.1) is 11.8 Å². The molecule has 3 aromatic rings. The molecule has 6 nitrogen and oxygen atoms in total. The molecule has 0 bridgehead atoms. The summed E-state index contributed by atoms with van der Waals surface area (Å²) in [6.07, 6.45) is 1.73. The van der Waals surface area contributed by atoms with Gasteiger partial charge in [-0.05, 0) is 48.9 Å². The number of hydrogen-bond donors (Lipinski definition) is 2. The zero-order chi connectivity index (χ0) is 20.9. The number of aromatic nitrogens is 1. The largest absolute Gasteiger partial charge is 0.346 e. The summed E-state index contributed by atoms with van der Waals surface area (Å²) in [6, 6.07) is 20.1. The van der Waals surface area contributed by atoms with Gasteiger partial charge in [0.2, 0.25) is 0 Å². The molecular formula is C23H22N4O2S. The van der Waals surface area contributed by atoms with E-state index < -0.39 is 0 Å². The summed E-state index contributed by atoms with van der Waals surface area (Å²) in [7, 11) is 0. The van der Waals surface area contributed by atoms with Crippen molar-refractivity contribution in [1.82, 2.24) is 10.3 Å². The van der Waals surface area contributed by atoms with Gasteiger partial charge in [0.1, 0.15) is 5.03 Å². The molecular weight excluding hydrogens is 396 g/mol. The molecule has 0 radical (unpaired) electrons. The number of hydrogen-bond acceptors (Lipinski definition) is 4. The zero-order valence-corrected chi connectivity index (χ0v) is 17.4. The molecule has 0 saturated heterocycles. The Balaban J connectivity index is 1.39. The average Bonchev–Trinajstić information content (AvgIpc) is 2.79. The lowest BCUT2D eigenvalue weighted by Gasteiger charge is -2.28. The number of benzene rings is 2. The van der Waals surface area contributed by atoms with E-state index in [0.29, 0.717) is 17.8 Å². The normalized spacial score (nSPS) is 13.8. The molecule has 30 heavy (non-hydrogen) atoms. The Hall–Kier alpha value is -3.32. The third-order valence-corrected chi connectivity index (χ3v) is 5.86. The summed E-state index contributed by atoms with van der Waals surface area (Å²) in [6.45, 7) is 2.57. The first-order valence-electron chi connectivity index (χ1n) is 9.74. The predicted octanol–water partition coefficient (Wildman–Crippen LogP) is 4.72. The fourth-order valence-electron chi connectivity index (χ4n) is 3.26. The quantitative estimate of drug-likeness (QED) is 0.643. The second-order valence-corrected chi connectivity index (χ2v) is 8.02. The minimum Gasteiger partial charge on any atom is -0.346 e. The molecule has 2 N–H and O–H groups in total. The Kier molecular flexibility index (Phi) is 5.99. The molecule has 1 atom stereocenters. The van der Waals surface area contributed by atoms with E-state index in [1.807, 2.05) is 49.4 Å². The van der Waals surface area contributed by atoms with E-state index in [-0.39, 0.29) is 18.0 Å². The van der Waals surface area contributed by atoms with Crippen LogP contribution in [0.4, 0.5) is 16.2 Å². The molecule has 0 saturated carbocycles. The third-order valence-electron chi connectivity index (χ3n) is 4.89. The molecule has 1 aliphatic rings. The summed E-state index contributed by atoms with van der Waals surface area (Å²) in [4.78, 5) is 31.3. The van der Waals surface area contributed by atoms with Crippen LogP contribution in [0.2, 0.25) is 0 Å². The molecule has 152 valence electrons. The van der Waals surface area contributed by atoms with Crippen LogP contribution in [-0.2, 0) is 0 Å².